The van der Waals surface area contributed by atoms with E-state index >= 15 is 0 Å². The number of nitrogens with zero attached hydrogens (tertiary/aromatic N) is 1. The third-order valence-electron chi connectivity index (χ3n) is 4.43. The van der Waals surface area contributed by atoms with Gasteiger partial charge in [-0.05, 0) is 46.5 Å². The van der Waals surface area contributed by atoms with Crippen molar-refractivity contribution < 1.29 is 24.3 Å². The number of amides is 3. The molecule has 0 aromatic heterocycles. The summed E-state index contributed by atoms with van der Waals surface area (Å²) >= 11 is 0. The van der Waals surface area contributed by atoms with Gasteiger partial charge in [0.1, 0.15) is 5.60 Å². The zero-order chi connectivity index (χ0) is 21.0. The molecule has 0 aromatic rings. The first-order chi connectivity index (χ1) is 13.2. The summed E-state index contributed by atoms with van der Waals surface area (Å²) in [6.07, 6.45) is 8.21. The maximum absolute atomic E-state index is 12.1. The van der Waals surface area contributed by atoms with Gasteiger partial charge in [0.15, 0.2) is 0 Å². The van der Waals surface area contributed by atoms with Crippen LogP contribution in [0.1, 0.15) is 85.0 Å². The molecule has 0 bridgehead atoms. The average molecular weight is 399 g/mol. The van der Waals surface area contributed by atoms with Gasteiger partial charge < -0.3 is 10.1 Å². The standard InChI is InChI=1S/C19H34N4O5/c1-18(2,3)28-17(26)21-19(12-8-9-13-19)14-20-22-15(24)10-6-4-5-7-11-16(25)23-27/h14,27H,4-13H2,1-3H3,(H,21,26)(H,22,24)(H,23,25)/b20-14+. The van der Waals surface area contributed by atoms with Gasteiger partial charge in [-0.15, -0.1) is 0 Å². The Hall–Kier alpha value is -2.16. The van der Waals surface area contributed by atoms with Crippen LogP contribution >= 0.6 is 0 Å². The van der Waals surface area contributed by atoms with E-state index in [4.69, 9.17) is 9.94 Å². The van der Waals surface area contributed by atoms with E-state index in [1.807, 2.05) is 20.8 Å². The number of hydrazone groups is 1. The number of carbonyl (C=O) groups excluding carboxylic acids is 3. The normalized spacial score (nSPS) is 16.0. The first kappa shape index (κ1) is 23.9. The number of nitrogens with one attached hydrogen (secondary N) is 3. The summed E-state index contributed by atoms with van der Waals surface area (Å²) in [5.74, 6) is -0.581. The van der Waals surface area contributed by atoms with Crippen LogP contribution in [0.15, 0.2) is 5.10 Å². The Morgan fingerprint density at radius 2 is 1.61 bits per heavy atom. The summed E-state index contributed by atoms with van der Waals surface area (Å²) in [6.45, 7) is 5.43. The summed E-state index contributed by atoms with van der Waals surface area (Å²) in [5.41, 5.74) is 2.96. The number of unbranched alkanes of at least 4 members (excludes halogenated alkanes) is 3. The largest absolute Gasteiger partial charge is 0.444 e. The SMILES string of the molecule is CC(C)(C)OC(=O)NC1(/C=N/NC(=O)CCCCCCC(=O)NO)CCCC1. The molecule has 0 heterocycles. The van der Waals surface area contributed by atoms with E-state index in [-0.39, 0.29) is 12.3 Å². The zero-order valence-corrected chi connectivity index (χ0v) is 17.2. The highest BCUT2D eigenvalue weighted by molar-refractivity contribution is 5.81. The topological polar surface area (TPSA) is 129 Å². The van der Waals surface area contributed by atoms with Crippen molar-refractivity contribution in [3.05, 3.63) is 0 Å². The average Bonchev–Trinajstić information content (AvgIpc) is 3.04. The van der Waals surface area contributed by atoms with Crippen LogP contribution in [0.5, 0.6) is 0 Å². The molecule has 0 radical (unpaired) electrons. The van der Waals surface area contributed by atoms with E-state index in [0.29, 0.717) is 19.3 Å². The molecule has 1 rings (SSSR count). The molecule has 1 aliphatic rings. The van der Waals surface area contributed by atoms with Crippen molar-refractivity contribution in [1.29, 1.82) is 0 Å². The van der Waals surface area contributed by atoms with Crippen molar-refractivity contribution in [3.63, 3.8) is 0 Å². The minimum absolute atomic E-state index is 0.185. The van der Waals surface area contributed by atoms with Crippen LogP contribution in [0.25, 0.3) is 0 Å². The summed E-state index contributed by atoms with van der Waals surface area (Å²) in [6, 6.07) is 0. The Bertz CT molecular complexity index is 551. The maximum Gasteiger partial charge on any atom is 0.408 e. The number of alkyl carbamates (subject to hydrolysis) is 1. The molecule has 3 amide bonds. The molecule has 160 valence electrons. The van der Waals surface area contributed by atoms with Gasteiger partial charge in [-0.3, -0.25) is 14.8 Å². The molecule has 0 spiro atoms. The third-order valence-corrected chi connectivity index (χ3v) is 4.43. The van der Waals surface area contributed by atoms with Gasteiger partial charge in [-0.1, -0.05) is 25.7 Å². The summed E-state index contributed by atoms with van der Waals surface area (Å²) in [4.78, 5) is 34.8. The molecule has 9 heteroatoms. The summed E-state index contributed by atoms with van der Waals surface area (Å²) in [5, 5.41) is 15.3. The molecule has 1 aliphatic carbocycles. The van der Waals surface area contributed by atoms with Crippen LogP contribution < -0.4 is 16.2 Å². The Labute approximate surface area is 166 Å². The fourth-order valence-electron chi connectivity index (χ4n) is 3.06. The monoisotopic (exact) mass is 398 g/mol. The molecule has 0 saturated heterocycles. The lowest BCUT2D eigenvalue weighted by atomic mass is 10.00. The van der Waals surface area contributed by atoms with E-state index in [9.17, 15) is 14.4 Å². The second-order valence-electron chi connectivity index (χ2n) is 8.23. The van der Waals surface area contributed by atoms with E-state index in [0.717, 1.165) is 38.5 Å². The minimum Gasteiger partial charge on any atom is -0.444 e. The van der Waals surface area contributed by atoms with Crippen LogP contribution in [0.4, 0.5) is 4.79 Å². The fourth-order valence-corrected chi connectivity index (χ4v) is 3.06. The number of hydrogen-bond donors (Lipinski definition) is 4. The molecule has 0 atom stereocenters. The first-order valence-electron chi connectivity index (χ1n) is 9.93. The molecular formula is C19H34N4O5. The Balaban J connectivity index is 2.32. The van der Waals surface area contributed by atoms with E-state index in [2.05, 4.69) is 15.8 Å². The van der Waals surface area contributed by atoms with Crippen molar-refractivity contribution >= 4 is 24.1 Å². The highest BCUT2D eigenvalue weighted by Gasteiger charge is 2.35. The Kier molecular flexibility index (Phi) is 9.92. The molecule has 0 unspecified atom stereocenters. The van der Waals surface area contributed by atoms with Gasteiger partial charge in [0.05, 0.1) is 11.8 Å². The second kappa shape index (κ2) is 11.6. The van der Waals surface area contributed by atoms with Gasteiger partial charge in [-0.25, -0.2) is 15.7 Å². The van der Waals surface area contributed by atoms with Crippen LogP contribution in [0.2, 0.25) is 0 Å². The lowest BCUT2D eigenvalue weighted by Crippen LogP contribution is -2.49. The highest BCUT2D eigenvalue weighted by Crippen LogP contribution is 2.28. The molecule has 0 aromatic carbocycles. The lowest BCUT2D eigenvalue weighted by molar-refractivity contribution is -0.129. The predicted octanol–water partition coefficient (Wildman–Crippen LogP) is 2.77. The Morgan fingerprint density at radius 3 is 2.14 bits per heavy atom. The summed E-state index contributed by atoms with van der Waals surface area (Å²) < 4.78 is 5.32. The van der Waals surface area contributed by atoms with E-state index in [1.165, 1.54) is 0 Å². The molecule has 4 N–H and O–H groups in total. The van der Waals surface area contributed by atoms with Crippen LogP contribution in [-0.2, 0) is 14.3 Å². The second-order valence-corrected chi connectivity index (χ2v) is 8.23. The quantitative estimate of drug-likeness (QED) is 0.195. The van der Waals surface area contributed by atoms with Crippen LogP contribution in [-0.4, -0.2) is 40.5 Å². The summed E-state index contributed by atoms with van der Waals surface area (Å²) in [7, 11) is 0. The number of ether oxygens (including phenoxy) is 1. The van der Waals surface area contributed by atoms with Crippen molar-refractivity contribution in [1.82, 2.24) is 16.2 Å². The lowest BCUT2D eigenvalue weighted by Gasteiger charge is -2.28. The van der Waals surface area contributed by atoms with Crippen molar-refractivity contribution in [2.75, 3.05) is 0 Å². The highest BCUT2D eigenvalue weighted by atomic mass is 16.6. The van der Waals surface area contributed by atoms with E-state index in [1.54, 1.807) is 11.7 Å². The van der Waals surface area contributed by atoms with Gasteiger partial charge >= 0.3 is 6.09 Å². The number of carbonyl (C=O) groups is 3. The minimum atomic E-state index is -0.580. The van der Waals surface area contributed by atoms with Crippen LogP contribution in [0, 0.1) is 0 Å². The van der Waals surface area contributed by atoms with Crippen molar-refractivity contribution in [2.45, 2.75) is 96.1 Å². The first-order valence-corrected chi connectivity index (χ1v) is 9.93. The molecule has 9 nitrogen and oxygen atoms in total. The van der Waals surface area contributed by atoms with Crippen LogP contribution in [0.3, 0.4) is 0 Å². The van der Waals surface area contributed by atoms with Crippen molar-refractivity contribution in [3.8, 4) is 0 Å². The zero-order valence-electron chi connectivity index (χ0n) is 17.2. The predicted molar refractivity (Wildman–Crippen MR) is 105 cm³/mol. The number of rotatable bonds is 10. The fraction of sp³-hybridized carbons (Fsp3) is 0.789. The molecular weight excluding hydrogens is 364 g/mol. The molecule has 1 fully saturated rings. The van der Waals surface area contributed by atoms with Gasteiger partial charge in [-0.2, -0.15) is 5.10 Å². The maximum atomic E-state index is 12.1. The molecule has 1 saturated carbocycles. The van der Waals surface area contributed by atoms with Gasteiger partial charge in [0, 0.05) is 12.8 Å². The third kappa shape index (κ3) is 10.2. The van der Waals surface area contributed by atoms with Gasteiger partial charge in [0.25, 0.3) is 0 Å². The van der Waals surface area contributed by atoms with Gasteiger partial charge in [0.2, 0.25) is 11.8 Å². The molecule has 28 heavy (non-hydrogen) atoms. The van der Waals surface area contributed by atoms with E-state index < -0.39 is 23.1 Å². The Morgan fingerprint density at radius 1 is 1.04 bits per heavy atom. The van der Waals surface area contributed by atoms with Crippen molar-refractivity contribution in [2.24, 2.45) is 5.10 Å². The number of hydrogen-bond acceptors (Lipinski definition) is 6. The smallest absolute Gasteiger partial charge is 0.408 e. The number of hydroxylamine groups is 1. The molecule has 0 aliphatic heterocycles.